The highest BCUT2D eigenvalue weighted by Crippen LogP contribution is 2.35. The number of nitrogens with zero attached hydrogens (tertiary/aromatic N) is 2. The smallest absolute Gasteiger partial charge is 0.260 e. The Bertz CT molecular complexity index is 637. The lowest BCUT2D eigenvalue weighted by Gasteiger charge is -2.22. The molecule has 3 heterocycles. The number of hydrogen-bond acceptors (Lipinski definition) is 4. The van der Waals surface area contributed by atoms with Gasteiger partial charge in [-0.3, -0.25) is 4.79 Å². The monoisotopic (exact) mass is 281 g/mol. The molecule has 0 atom stereocenters. The molecular weight excluding hydrogens is 270 g/mol. The maximum Gasteiger partial charge on any atom is 0.260 e. The minimum Gasteiger partial charge on any atom is -0.313 e. The maximum atomic E-state index is 11.7. The Labute approximate surface area is 113 Å². The summed E-state index contributed by atoms with van der Waals surface area (Å²) in [4.78, 5) is 22.6. The largest absolute Gasteiger partial charge is 0.313 e. The Balaban J connectivity index is 2.14. The van der Waals surface area contributed by atoms with E-state index in [0.29, 0.717) is 22.1 Å². The molecule has 0 saturated carbocycles. The molecule has 6 heteroatoms. The number of H-pyrrole nitrogens is 1. The summed E-state index contributed by atoms with van der Waals surface area (Å²) in [6.07, 6.45) is 3.54. The van der Waals surface area contributed by atoms with Crippen molar-refractivity contribution in [3.8, 4) is 0 Å². The van der Waals surface area contributed by atoms with Gasteiger partial charge in [-0.1, -0.05) is 11.6 Å². The Hall–Kier alpha value is -1.07. The molecule has 0 bridgehead atoms. The van der Waals surface area contributed by atoms with E-state index in [0.717, 1.165) is 29.9 Å². The summed E-state index contributed by atoms with van der Waals surface area (Å²) in [5.74, 6) is 2.69. The molecule has 94 valence electrons. The third kappa shape index (κ3) is 2.12. The molecule has 2 aromatic heterocycles. The third-order valence-corrected chi connectivity index (χ3v) is 4.62. The van der Waals surface area contributed by atoms with Crippen LogP contribution >= 0.6 is 23.4 Å². The maximum absolute atomic E-state index is 11.7. The fourth-order valence-corrected chi connectivity index (χ4v) is 3.68. The summed E-state index contributed by atoms with van der Waals surface area (Å²) in [6, 6.07) is 1.86. The molecule has 0 aliphatic carbocycles. The van der Waals surface area contributed by atoms with Crippen LogP contribution < -0.4 is 5.56 Å². The number of pyridine rings is 1. The molecule has 1 aliphatic heterocycles. The molecule has 0 radical (unpaired) electrons. The van der Waals surface area contributed by atoms with Gasteiger partial charge in [-0.15, -0.1) is 0 Å². The molecule has 4 nitrogen and oxygen atoms in total. The molecule has 0 spiro atoms. The molecule has 2 aromatic rings. The Morgan fingerprint density at radius 3 is 2.94 bits per heavy atom. The second-order valence-electron chi connectivity index (χ2n) is 4.36. The second kappa shape index (κ2) is 4.90. The fraction of sp³-hybridized carbons (Fsp3) is 0.417. The number of aromatic nitrogens is 3. The van der Waals surface area contributed by atoms with Crippen LogP contribution in [0.4, 0.5) is 0 Å². The van der Waals surface area contributed by atoms with Gasteiger partial charge >= 0.3 is 0 Å². The molecule has 1 fully saturated rings. The van der Waals surface area contributed by atoms with Crippen LogP contribution in [-0.2, 0) is 0 Å². The van der Waals surface area contributed by atoms with Gasteiger partial charge in [-0.2, -0.15) is 11.8 Å². The first kappa shape index (κ1) is 12.0. The van der Waals surface area contributed by atoms with Gasteiger partial charge in [0.05, 0.1) is 11.7 Å². The normalized spacial score (nSPS) is 17.2. The van der Waals surface area contributed by atoms with Crippen LogP contribution in [0.1, 0.15) is 24.3 Å². The second-order valence-corrected chi connectivity index (χ2v) is 5.94. The number of fused-ring (bicyclic) bond motifs is 1. The first-order valence-electron chi connectivity index (χ1n) is 5.87. The molecule has 1 aliphatic rings. The van der Waals surface area contributed by atoms with Gasteiger partial charge in [-0.25, -0.2) is 9.97 Å². The molecule has 1 saturated heterocycles. The first-order valence-corrected chi connectivity index (χ1v) is 7.40. The molecule has 0 amide bonds. The Morgan fingerprint density at radius 1 is 1.39 bits per heavy atom. The van der Waals surface area contributed by atoms with E-state index in [2.05, 4.69) is 15.0 Å². The van der Waals surface area contributed by atoms with Crippen molar-refractivity contribution >= 4 is 34.4 Å². The predicted molar refractivity (Wildman–Crippen MR) is 74.5 cm³/mol. The molecule has 0 unspecified atom stereocenters. The Kier molecular flexibility index (Phi) is 3.26. The molecular formula is C12H12ClN3OS. The topological polar surface area (TPSA) is 58.6 Å². The van der Waals surface area contributed by atoms with Gasteiger partial charge in [0.25, 0.3) is 5.56 Å². The summed E-state index contributed by atoms with van der Waals surface area (Å²) in [6.45, 7) is 0. The molecule has 1 N–H and O–H groups in total. The number of thioether (sulfide) groups is 1. The first-order chi connectivity index (χ1) is 8.75. The van der Waals surface area contributed by atoms with Crippen LogP contribution in [-0.4, -0.2) is 26.5 Å². The van der Waals surface area contributed by atoms with E-state index in [9.17, 15) is 4.79 Å². The highest BCUT2D eigenvalue weighted by Gasteiger charge is 2.20. The van der Waals surface area contributed by atoms with Crippen LogP contribution in [0.25, 0.3) is 11.0 Å². The zero-order valence-electron chi connectivity index (χ0n) is 9.65. The standard InChI is InChI=1S/C12H12ClN3OS/c13-10-8(7-1-3-18-4-2-7)5-9-11(16-10)14-6-15-12(9)17/h5-7H,1-4H2,(H,14,15,16,17). The van der Waals surface area contributed by atoms with Gasteiger partial charge in [0.1, 0.15) is 5.15 Å². The molecule has 0 aromatic carbocycles. The van der Waals surface area contributed by atoms with Gasteiger partial charge < -0.3 is 4.98 Å². The zero-order chi connectivity index (χ0) is 12.5. The number of rotatable bonds is 1. The van der Waals surface area contributed by atoms with E-state index in [1.165, 1.54) is 6.33 Å². The minimum atomic E-state index is -0.157. The summed E-state index contributed by atoms with van der Waals surface area (Å²) in [5.41, 5.74) is 1.25. The number of nitrogens with one attached hydrogen (secondary N) is 1. The van der Waals surface area contributed by atoms with Crippen molar-refractivity contribution in [2.24, 2.45) is 0 Å². The fourth-order valence-electron chi connectivity index (χ4n) is 2.29. The molecule has 3 rings (SSSR count). The highest BCUT2D eigenvalue weighted by atomic mass is 35.5. The van der Waals surface area contributed by atoms with E-state index in [1.54, 1.807) is 0 Å². The van der Waals surface area contributed by atoms with Crippen molar-refractivity contribution in [2.75, 3.05) is 11.5 Å². The number of aromatic amines is 1. The average molecular weight is 282 g/mol. The summed E-state index contributed by atoms with van der Waals surface area (Å²) < 4.78 is 0. The lowest BCUT2D eigenvalue weighted by Crippen LogP contribution is -2.12. The van der Waals surface area contributed by atoms with Crippen molar-refractivity contribution < 1.29 is 0 Å². The van der Waals surface area contributed by atoms with Gasteiger partial charge in [0.15, 0.2) is 5.65 Å². The highest BCUT2D eigenvalue weighted by molar-refractivity contribution is 7.99. The van der Waals surface area contributed by atoms with Crippen LogP contribution in [0.5, 0.6) is 0 Å². The predicted octanol–water partition coefficient (Wildman–Crippen LogP) is 2.58. The van der Waals surface area contributed by atoms with Gasteiger partial charge in [0, 0.05) is 0 Å². The third-order valence-electron chi connectivity index (χ3n) is 3.27. The van der Waals surface area contributed by atoms with Crippen molar-refractivity contribution in [2.45, 2.75) is 18.8 Å². The van der Waals surface area contributed by atoms with Crippen LogP contribution in [0.3, 0.4) is 0 Å². The summed E-state index contributed by atoms with van der Waals surface area (Å²) >= 11 is 8.18. The van der Waals surface area contributed by atoms with Crippen LogP contribution in [0.15, 0.2) is 17.2 Å². The summed E-state index contributed by atoms with van der Waals surface area (Å²) in [7, 11) is 0. The number of hydrogen-bond donors (Lipinski definition) is 1. The quantitative estimate of drug-likeness (QED) is 0.816. The van der Waals surface area contributed by atoms with E-state index >= 15 is 0 Å². The SMILES string of the molecule is O=c1[nH]cnc2nc(Cl)c(C3CCSCC3)cc12. The van der Waals surface area contributed by atoms with Crippen molar-refractivity contribution in [3.63, 3.8) is 0 Å². The van der Waals surface area contributed by atoms with Crippen LogP contribution in [0, 0.1) is 0 Å². The average Bonchev–Trinajstić information content (AvgIpc) is 2.39. The Morgan fingerprint density at radius 2 is 2.17 bits per heavy atom. The summed E-state index contributed by atoms with van der Waals surface area (Å²) in [5, 5.41) is 1.01. The van der Waals surface area contributed by atoms with E-state index in [1.807, 2.05) is 17.8 Å². The van der Waals surface area contributed by atoms with Crippen molar-refractivity contribution in [1.82, 2.24) is 15.0 Å². The zero-order valence-corrected chi connectivity index (χ0v) is 11.2. The van der Waals surface area contributed by atoms with Gasteiger partial charge in [-0.05, 0) is 41.9 Å². The van der Waals surface area contributed by atoms with E-state index < -0.39 is 0 Å². The lowest BCUT2D eigenvalue weighted by molar-refractivity contribution is 0.636. The van der Waals surface area contributed by atoms with Crippen molar-refractivity contribution in [3.05, 3.63) is 33.5 Å². The van der Waals surface area contributed by atoms with E-state index in [-0.39, 0.29) is 5.56 Å². The van der Waals surface area contributed by atoms with Crippen molar-refractivity contribution in [1.29, 1.82) is 0 Å². The number of halogens is 1. The molecule has 18 heavy (non-hydrogen) atoms. The lowest BCUT2D eigenvalue weighted by atomic mass is 9.94. The van der Waals surface area contributed by atoms with E-state index in [4.69, 9.17) is 11.6 Å². The van der Waals surface area contributed by atoms with Crippen LogP contribution in [0.2, 0.25) is 5.15 Å². The minimum absolute atomic E-state index is 0.157. The van der Waals surface area contributed by atoms with Gasteiger partial charge in [0.2, 0.25) is 0 Å².